The Hall–Kier alpha value is -2.86. The molecule has 0 aromatic heterocycles. The Morgan fingerprint density at radius 2 is 1.82 bits per heavy atom. The zero-order valence-electron chi connectivity index (χ0n) is 12.6. The molecule has 0 unspecified atom stereocenters. The number of allylic oxidation sites excluding steroid dienone is 1. The molecule has 0 aliphatic carbocycles. The maximum atomic E-state index is 10.7. The number of benzene rings is 2. The van der Waals surface area contributed by atoms with Crippen LogP contribution in [0.25, 0.3) is 6.08 Å². The maximum Gasteiger partial charge on any atom is 0.160 e. The van der Waals surface area contributed by atoms with E-state index in [4.69, 9.17) is 5.26 Å². The molecule has 3 heteroatoms. The third kappa shape index (κ3) is 4.07. The van der Waals surface area contributed by atoms with Crippen LogP contribution in [0.15, 0.2) is 60.2 Å². The standard InChI is InChI=1S/C19H18N2O/c1-2-21(14-17-6-4-3-5-7-17)19-10-8-16(9-11-19)12-18(13-20)15-22/h3-12,15H,2,14H2,1H3. The topological polar surface area (TPSA) is 44.1 Å². The maximum absolute atomic E-state index is 10.7. The Morgan fingerprint density at radius 1 is 1.14 bits per heavy atom. The molecule has 0 fully saturated rings. The third-order valence-corrected chi connectivity index (χ3v) is 3.43. The van der Waals surface area contributed by atoms with Crippen molar-refractivity contribution in [3.63, 3.8) is 0 Å². The van der Waals surface area contributed by atoms with Gasteiger partial charge < -0.3 is 4.90 Å². The average molecular weight is 290 g/mol. The Bertz CT molecular complexity index is 682. The second kappa shape index (κ2) is 7.80. The van der Waals surface area contributed by atoms with E-state index < -0.39 is 0 Å². The van der Waals surface area contributed by atoms with E-state index in [-0.39, 0.29) is 5.57 Å². The van der Waals surface area contributed by atoms with Gasteiger partial charge >= 0.3 is 0 Å². The number of hydrogen-bond donors (Lipinski definition) is 0. The molecule has 0 saturated carbocycles. The Balaban J connectivity index is 2.16. The number of carbonyl (C=O) groups is 1. The highest BCUT2D eigenvalue weighted by atomic mass is 16.1. The van der Waals surface area contributed by atoms with Crippen molar-refractivity contribution in [1.29, 1.82) is 5.26 Å². The van der Waals surface area contributed by atoms with E-state index in [1.54, 1.807) is 6.08 Å². The van der Waals surface area contributed by atoms with Crippen LogP contribution in [0.2, 0.25) is 0 Å². The van der Waals surface area contributed by atoms with Crippen LogP contribution in [-0.2, 0) is 11.3 Å². The zero-order valence-corrected chi connectivity index (χ0v) is 12.6. The second-order valence-electron chi connectivity index (χ2n) is 4.92. The monoisotopic (exact) mass is 290 g/mol. The van der Waals surface area contributed by atoms with Crippen molar-refractivity contribution < 1.29 is 4.79 Å². The Morgan fingerprint density at radius 3 is 2.36 bits per heavy atom. The summed E-state index contributed by atoms with van der Waals surface area (Å²) in [5, 5.41) is 8.77. The summed E-state index contributed by atoms with van der Waals surface area (Å²) in [4.78, 5) is 12.9. The minimum Gasteiger partial charge on any atom is -0.367 e. The van der Waals surface area contributed by atoms with Gasteiger partial charge in [-0.05, 0) is 36.3 Å². The summed E-state index contributed by atoms with van der Waals surface area (Å²) in [6.07, 6.45) is 2.16. The van der Waals surface area contributed by atoms with Gasteiger partial charge in [0.2, 0.25) is 0 Å². The molecule has 0 aliphatic rings. The molecule has 0 amide bonds. The minimum atomic E-state index is 0.129. The molecule has 110 valence electrons. The van der Waals surface area contributed by atoms with Crippen molar-refractivity contribution >= 4 is 18.0 Å². The first-order chi connectivity index (χ1) is 10.8. The fourth-order valence-electron chi connectivity index (χ4n) is 2.24. The summed E-state index contributed by atoms with van der Waals surface area (Å²) in [5.41, 5.74) is 3.36. The van der Waals surface area contributed by atoms with E-state index in [1.165, 1.54) is 5.56 Å². The molecule has 2 aromatic carbocycles. The van der Waals surface area contributed by atoms with E-state index in [0.717, 1.165) is 24.3 Å². The van der Waals surface area contributed by atoms with Gasteiger partial charge in [-0.3, -0.25) is 4.79 Å². The molecule has 0 N–H and O–H groups in total. The zero-order chi connectivity index (χ0) is 15.8. The molecular weight excluding hydrogens is 272 g/mol. The molecule has 2 rings (SSSR count). The lowest BCUT2D eigenvalue weighted by atomic mass is 10.1. The number of hydrogen-bond acceptors (Lipinski definition) is 3. The molecular formula is C19H18N2O. The van der Waals surface area contributed by atoms with Gasteiger partial charge in [0.25, 0.3) is 0 Å². The van der Waals surface area contributed by atoms with E-state index in [9.17, 15) is 4.79 Å². The lowest BCUT2D eigenvalue weighted by Gasteiger charge is -2.23. The van der Waals surface area contributed by atoms with E-state index in [0.29, 0.717) is 6.29 Å². The van der Waals surface area contributed by atoms with Gasteiger partial charge in [-0.1, -0.05) is 42.5 Å². The highest BCUT2D eigenvalue weighted by Gasteiger charge is 2.05. The molecule has 0 atom stereocenters. The van der Waals surface area contributed by atoms with Crippen LogP contribution in [0.4, 0.5) is 5.69 Å². The summed E-state index contributed by atoms with van der Waals surface area (Å²) < 4.78 is 0. The number of carbonyl (C=O) groups excluding carboxylic acids is 1. The van der Waals surface area contributed by atoms with Crippen molar-refractivity contribution in [2.75, 3.05) is 11.4 Å². The third-order valence-electron chi connectivity index (χ3n) is 3.43. The first-order valence-corrected chi connectivity index (χ1v) is 7.22. The van der Waals surface area contributed by atoms with Gasteiger partial charge in [0.05, 0.1) is 5.57 Å². The Labute approximate surface area is 131 Å². The molecule has 3 nitrogen and oxygen atoms in total. The van der Waals surface area contributed by atoms with Gasteiger partial charge in [0.1, 0.15) is 6.07 Å². The van der Waals surface area contributed by atoms with Crippen molar-refractivity contribution in [2.24, 2.45) is 0 Å². The summed E-state index contributed by atoms with van der Waals surface area (Å²) in [6, 6.07) is 20.1. The van der Waals surface area contributed by atoms with E-state index in [1.807, 2.05) is 48.5 Å². The van der Waals surface area contributed by atoms with Crippen molar-refractivity contribution in [2.45, 2.75) is 13.5 Å². The first-order valence-electron chi connectivity index (χ1n) is 7.22. The Kier molecular flexibility index (Phi) is 5.50. The minimum absolute atomic E-state index is 0.129. The van der Waals surface area contributed by atoms with Crippen LogP contribution in [0.5, 0.6) is 0 Å². The number of nitriles is 1. The number of rotatable bonds is 6. The van der Waals surface area contributed by atoms with Crippen LogP contribution in [0, 0.1) is 11.3 Å². The number of aldehydes is 1. The molecule has 0 saturated heterocycles. The molecule has 0 heterocycles. The SMILES string of the molecule is CCN(Cc1ccccc1)c1ccc(C=C(C#N)C=O)cc1. The van der Waals surface area contributed by atoms with Gasteiger partial charge in [0, 0.05) is 18.8 Å². The van der Waals surface area contributed by atoms with Gasteiger partial charge in [-0.15, -0.1) is 0 Å². The highest BCUT2D eigenvalue weighted by molar-refractivity contribution is 5.86. The van der Waals surface area contributed by atoms with Crippen LogP contribution in [0.1, 0.15) is 18.1 Å². The van der Waals surface area contributed by atoms with Gasteiger partial charge in [-0.2, -0.15) is 5.26 Å². The van der Waals surface area contributed by atoms with E-state index in [2.05, 4.69) is 24.0 Å². The van der Waals surface area contributed by atoms with Gasteiger partial charge in [-0.25, -0.2) is 0 Å². The predicted molar refractivity (Wildman–Crippen MR) is 89.3 cm³/mol. The molecule has 22 heavy (non-hydrogen) atoms. The summed E-state index contributed by atoms with van der Waals surface area (Å²) >= 11 is 0. The second-order valence-corrected chi connectivity index (χ2v) is 4.92. The van der Waals surface area contributed by atoms with Crippen LogP contribution >= 0.6 is 0 Å². The first kappa shape index (κ1) is 15.5. The number of anilines is 1. The fourth-order valence-corrected chi connectivity index (χ4v) is 2.24. The predicted octanol–water partition coefficient (Wildman–Crippen LogP) is 3.82. The van der Waals surface area contributed by atoms with Crippen LogP contribution < -0.4 is 4.90 Å². The largest absolute Gasteiger partial charge is 0.367 e. The summed E-state index contributed by atoms with van der Waals surface area (Å²) in [7, 11) is 0. The number of nitrogens with zero attached hydrogens (tertiary/aromatic N) is 2. The van der Waals surface area contributed by atoms with Crippen LogP contribution in [0.3, 0.4) is 0 Å². The normalized spacial score (nSPS) is 10.8. The fraction of sp³-hybridized carbons (Fsp3) is 0.158. The van der Waals surface area contributed by atoms with Crippen molar-refractivity contribution in [3.8, 4) is 6.07 Å². The molecule has 0 aliphatic heterocycles. The highest BCUT2D eigenvalue weighted by Crippen LogP contribution is 2.19. The molecule has 2 aromatic rings. The summed E-state index contributed by atoms with van der Waals surface area (Å²) in [6.45, 7) is 3.88. The van der Waals surface area contributed by atoms with Crippen molar-refractivity contribution in [3.05, 3.63) is 71.3 Å². The van der Waals surface area contributed by atoms with Crippen molar-refractivity contribution in [1.82, 2.24) is 0 Å². The molecule has 0 spiro atoms. The lowest BCUT2D eigenvalue weighted by molar-refractivity contribution is -0.104. The quantitative estimate of drug-likeness (QED) is 0.461. The van der Waals surface area contributed by atoms with E-state index >= 15 is 0 Å². The smallest absolute Gasteiger partial charge is 0.160 e. The van der Waals surface area contributed by atoms with Crippen LogP contribution in [-0.4, -0.2) is 12.8 Å². The molecule has 0 radical (unpaired) electrons. The summed E-state index contributed by atoms with van der Waals surface area (Å²) in [5.74, 6) is 0. The average Bonchev–Trinajstić information content (AvgIpc) is 2.59. The lowest BCUT2D eigenvalue weighted by Crippen LogP contribution is -2.21. The molecule has 0 bridgehead atoms. The van der Waals surface area contributed by atoms with Gasteiger partial charge in [0.15, 0.2) is 6.29 Å².